The van der Waals surface area contributed by atoms with Crippen LogP contribution in [0.25, 0.3) is 0 Å². The molecule has 2 rings (SSSR count). The van der Waals surface area contributed by atoms with E-state index in [0.29, 0.717) is 33.7 Å². The van der Waals surface area contributed by atoms with Crippen molar-refractivity contribution < 1.29 is 14.3 Å². The molecule has 0 aromatic heterocycles. The van der Waals surface area contributed by atoms with E-state index in [4.69, 9.17) is 27.9 Å². The fourth-order valence-corrected chi connectivity index (χ4v) is 2.89. The van der Waals surface area contributed by atoms with Crippen molar-refractivity contribution in [3.8, 4) is 5.75 Å². The summed E-state index contributed by atoms with van der Waals surface area (Å²) in [6, 6.07) is 10.2. The first kappa shape index (κ1) is 23.2. The molecule has 2 aromatic rings. The summed E-state index contributed by atoms with van der Waals surface area (Å²) in [6.45, 7) is 2.68. The number of hydrogen-bond acceptors (Lipinski definition) is 4. The number of anilines is 1. The number of carbonyl (C=O) groups is 2. The molecule has 2 amide bonds. The monoisotopic (exact) mass is 499 g/mol. The Hall–Kier alpha value is -2.09. The molecule has 0 fully saturated rings. The maximum absolute atomic E-state index is 12.0. The van der Waals surface area contributed by atoms with Gasteiger partial charge < -0.3 is 10.1 Å². The zero-order chi connectivity index (χ0) is 21.2. The predicted octanol–water partition coefficient (Wildman–Crippen LogP) is 5.41. The second-order valence-electron chi connectivity index (χ2n) is 6.03. The van der Waals surface area contributed by atoms with Crippen molar-refractivity contribution in [3.63, 3.8) is 0 Å². The van der Waals surface area contributed by atoms with Crippen molar-refractivity contribution in [1.82, 2.24) is 5.43 Å². The minimum Gasteiger partial charge on any atom is -0.493 e. The molecule has 0 aliphatic rings. The summed E-state index contributed by atoms with van der Waals surface area (Å²) in [5, 5.41) is 7.17. The standard InChI is InChI=1S/C20H20BrCl2N3O3/c1-2-3-8-29-18-7-4-14(21)9-13(18)12-24-26-20(28)11-19(27)25-15-5-6-16(22)17(23)10-15/h4-7,9-10,12H,2-3,8,11H2,1H3,(H,25,27)(H,26,28). The fraction of sp³-hybridized carbons (Fsp3) is 0.250. The number of amides is 2. The first-order chi connectivity index (χ1) is 13.9. The number of benzene rings is 2. The Morgan fingerprint density at radius 2 is 1.93 bits per heavy atom. The van der Waals surface area contributed by atoms with E-state index in [1.54, 1.807) is 12.1 Å². The summed E-state index contributed by atoms with van der Waals surface area (Å²) in [4.78, 5) is 23.9. The maximum atomic E-state index is 12.0. The lowest BCUT2D eigenvalue weighted by molar-refractivity contribution is -0.126. The van der Waals surface area contributed by atoms with Crippen LogP contribution in [0.5, 0.6) is 5.75 Å². The molecule has 9 heteroatoms. The molecule has 0 saturated heterocycles. The highest BCUT2D eigenvalue weighted by Gasteiger charge is 2.10. The van der Waals surface area contributed by atoms with E-state index in [9.17, 15) is 9.59 Å². The molecule has 0 aliphatic carbocycles. The van der Waals surface area contributed by atoms with Gasteiger partial charge >= 0.3 is 0 Å². The molecule has 0 saturated carbocycles. The highest BCUT2D eigenvalue weighted by Crippen LogP contribution is 2.25. The van der Waals surface area contributed by atoms with Gasteiger partial charge in [0, 0.05) is 15.7 Å². The number of nitrogens with zero attached hydrogens (tertiary/aromatic N) is 1. The summed E-state index contributed by atoms with van der Waals surface area (Å²) < 4.78 is 6.59. The van der Waals surface area contributed by atoms with Gasteiger partial charge in [-0.05, 0) is 42.8 Å². The Kier molecular flexibility index (Phi) is 9.44. The third-order valence-corrected chi connectivity index (χ3v) is 4.88. The molecule has 2 aromatic carbocycles. The molecule has 0 radical (unpaired) electrons. The topological polar surface area (TPSA) is 79.8 Å². The summed E-state index contributed by atoms with van der Waals surface area (Å²) in [5.74, 6) is -0.388. The lowest BCUT2D eigenvalue weighted by Crippen LogP contribution is -2.24. The first-order valence-electron chi connectivity index (χ1n) is 8.88. The molecule has 0 atom stereocenters. The van der Waals surface area contributed by atoms with Crippen LogP contribution >= 0.6 is 39.1 Å². The van der Waals surface area contributed by atoms with E-state index in [2.05, 4.69) is 38.7 Å². The highest BCUT2D eigenvalue weighted by atomic mass is 79.9. The first-order valence-corrected chi connectivity index (χ1v) is 10.4. The van der Waals surface area contributed by atoms with Crippen LogP contribution in [-0.4, -0.2) is 24.6 Å². The number of halogens is 3. The van der Waals surface area contributed by atoms with Crippen LogP contribution in [-0.2, 0) is 9.59 Å². The number of hydrogen-bond donors (Lipinski definition) is 2. The van der Waals surface area contributed by atoms with E-state index in [1.807, 2.05) is 18.2 Å². The largest absolute Gasteiger partial charge is 0.493 e. The minimum atomic E-state index is -0.553. The van der Waals surface area contributed by atoms with Gasteiger partial charge in [-0.25, -0.2) is 5.43 Å². The van der Waals surface area contributed by atoms with Crippen LogP contribution in [0.3, 0.4) is 0 Å². The van der Waals surface area contributed by atoms with Crippen molar-refractivity contribution in [1.29, 1.82) is 0 Å². The van der Waals surface area contributed by atoms with Gasteiger partial charge in [-0.15, -0.1) is 0 Å². The van der Waals surface area contributed by atoms with Gasteiger partial charge in [-0.2, -0.15) is 5.10 Å². The maximum Gasteiger partial charge on any atom is 0.249 e. The average Bonchev–Trinajstić information content (AvgIpc) is 2.66. The third kappa shape index (κ3) is 8.04. The van der Waals surface area contributed by atoms with Gasteiger partial charge in [0.2, 0.25) is 11.8 Å². The van der Waals surface area contributed by atoms with E-state index in [0.717, 1.165) is 17.3 Å². The Labute approximate surface area is 187 Å². The molecule has 0 spiro atoms. The normalized spacial score (nSPS) is 10.8. The number of carbonyl (C=O) groups excluding carboxylic acids is 2. The van der Waals surface area contributed by atoms with Crippen LogP contribution < -0.4 is 15.5 Å². The Morgan fingerprint density at radius 1 is 1.14 bits per heavy atom. The molecule has 154 valence electrons. The van der Waals surface area contributed by atoms with Crippen LogP contribution in [0, 0.1) is 0 Å². The van der Waals surface area contributed by atoms with Crippen LogP contribution in [0.1, 0.15) is 31.7 Å². The lowest BCUT2D eigenvalue weighted by atomic mass is 10.2. The van der Waals surface area contributed by atoms with Gasteiger partial charge in [-0.3, -0.25) is 9.59 Å². The van der Waals surface area contributed by atoms with Crippen molar-refractivity contribution in [3.05, 3.63) is 56.5 Å². The Balaban J connectivity index is 1.89. The zero-order valence-corrected chi connectivity index (χ0v) is 18.8. The Morgan fingerprint density at radius 3 is 2.66 bits per heavy atom. The van der Waals surface area contributed by atoms with E-state index in [1.165, 1.54) is 12.3 Å². The molecule has 0 unspecified atom stereocenters. The molecule has 0 heterocycles. The smallest absolute Gasteiger partial charge is 0.249 e. The molecule has 0 aliphatic heterocycles. The SMILES string of the molecule is CCCCOc1ccc(Br)cc1C=NNC(=O)CC(=O)Nc1ccc(Cl)c(Cl)c1. The lowest BCUT2D eigenvalue weighted by Gasteiger charge is -2.09. The quantitative estimate of drug-likeness (QED) is 0.209. The summed E-state index contributed by atoms with van der Waals surface area (Å²) in [5.41, 5.74) is 3.49. The fourth-order valence-electron chi connectivity index (χ4n) is 2.22. The van der Waals surface area contributed by atoms with Crippen molar-refractivity contribution in [2.24, 2.45) is 5.10 Å². The molecule has 29 heavy (non-hydrogen) atoms. The van der Waals surface area contributed by atoms with Gasteiger partial charge in [0.15, 0.2) is 0 Å². The number of nitrogens with one attached hydrogen (secondary N) is 2. The van der Waals surface area contributed by atoms with E-state index in [-0.39, 0.29) is 0 Å². The second kappa shape index (κ2) is 11.8. The van der Waals surface area contributed by atoms with Gasteiger partial charge in [0.25, 0.3) is 0 Å². The molecular formula is C20H20BrCl2N3O3. The number of rotatable bonds is 9. The number of unbranched alkanes of at least 4 members (excludes halogenated alkanes) is 1. The summed E-state index contributed by atoms with van der Waals surface area (Å²) in [7, 11) is 0. The highest BCUT2D eigenvalue weighted by molar-refractivity contribution is 9.10. The van der Waals surface area contributed by atoms with Crippen molar-refractivity contribution in [2.45, 2.75) is 26.2 Å². The predicted molar refractivity (Wildman–Crippen MR) is 120 cm³/mol. The van der Waals surface area contributed by atoms with E-state index < -0.39 is 18.2 Å². The van der Waals surface area contributed by atoms with Crippen molar-refractivity contribution in [2.75, 3.05) is 11.9 Å². The van der Waals surface area contributed by atoms with E-state index >= 15 is 0 Å². The Bertz CT molecular complexity index is 907. The molecule has 0 bridgehead atoms. The van der Waals surface area contributed by atoms with Crippen LogP contribution in [0.4, 0.5) is 5.69 Å². The average molecular weight is 501 g/mol. The zero-order valence-electron chi connectivity index (χ0n) is 15.7. The minimum absolute atomic E-state index is 0.310. The third-order valence-electron chi connectivity index (χ3n) is 3.64. The van der Waals surface area contributed by atoms with Gasteiger partial charge in [0.1, 0.15) is 12.2 Å². The second-order valence-corrected chi connectivity index (χ2v) is 7.76. The van der Waals surface area contributed by atoms with Crippen LogP contribution in [0.15, 0.2) is 46.0 Å². The van der Waals surface area contributed by atoms with Gasteiger partial charge in [0.05, 0.1) is 22.9 Å². The molecule has 6 nitrogen and oxygen atoms in total. The summed E-state index contributed by atoms with van der Waals surface area (Å²) >= 11 is 15.1. The molecule has 2 N–H and O–H groups in total. The summed E-state index contributed by atoms with van der Waals surface area (Å²) in [6.07, 6.45) is 3.05. The van der Waals surface area contributed by atoms with Crippen molar-refractivity contribution >= 4 is 62.8 Å². The molecular weight excluding hydrogens is 481 g/mol. The number of hydrazone groups is 1. The van der Waals surface area contributed by atoms with Crippen LogP contribution in [0.2, 0.25) is 10.0 Å². The number of ether oxygens (including phenoxy) is 1. The van der Waals surface area contributed by atoms with Gasteiger partial charge in [-0.1, -0.05) is 52.5 Å².